The zero-order chi connectivity index (χ0) is 22.3. The van der Waals surface area contributed by atoms with Crippen LogP contribution < -0.4 is 15.0 Å². The fourth-order valence-electron chi connectivity index (χ4n) is 2.75. The number of nitrogens with one attached hydrogen (secondary N) is 2. The van der Waals surface area contributed by atoms with Crippen LogP contribution in [-0.2, 0) is 14.8 Å². The summed E-state index contributed by atoms with van der Waals surface area (Å²) in [4.78, 5) is 25.7. The first-order chi connectivity index (χ1) is 14.2. The number of rotatable bonds is 9. The second kappa shape index (κ2) is 9.83. The first kappa shape index (κ1) is 22.8. The summed E-state index contributed by atoms with van der Waals surface area (Å²) in [6, 6.07) is 9.92. The number of hydrogen-bond donors (Lipinski definition) is 2. The lowest BCUT2D eigenvalue weighted by molar-refractivity contribution is -0.384. The predicted octanol–water partition coefficient (Wildman–Crippen LogP) is 2.71. The zero-order valence-electron chi connectivity index (χ0n) is 16.8. The summed E-state index contributed by atoms with van der Waals surface area (Å²) in [6.45, 7) is 6.57. The van der Waals surface area contributed by atoms with Gasteiger partial charge in [0.2, 0.25) is 5.91 Å². The maximum Gasteiger partial charge on any atom is 0.276 e. The number of benzene rings is 2. The van der Waals surface area contributed by atoms with E-state index in [2.05, 4.69) is 15.2 Å². The van der Waals surface area contributed by atoms with Crippen LogP contribution in [0.4, 0.5) is 17.1 Å². The molecule has 11 heteroatoms. The highest BCUT2D eigenvalue weighted by Crippen LogP contribution is 2.24. The largest absolute Gasteiger partial charge is 0.372 e. The van der Waals surface area contributed by atoms with Crippen LogP contribution in [0.3, 0.4) is 0 Å². The maximum atomic E-state index is 12.4. The lowest BCUT2D eigenvalue weighted by Crippen LogP contribution is -2.23. The molecule has 2 aromatic carbocycles. The Kier molecular flexibility index (Phi) is 7.48. The number of sulfonamides is 1. The predicted molar refractivity (Wildman–Crippen MR) is 115 cm³/mol. The quantitative estimate of drug-likeness (QED) is 0.355. The van der Waals surface area contributed by atoms with Gasteiger partial charge in [0.05, 0.1) is 16.0 Å². The first-order valence-corrected chi connectivity index (χ1v) is 10.6. The lowest BCUT2D eigenvalue weighted by Gasteiger charge is -2.22. The third-order valence-corrected chi connectivity index (χ3v) is 5.43. The average molecular weight is 433 g/mol. The van der Waals surface area contributed by atoms with E-state index in [0.717, 1.165) is 0 Å². The Labute approximate surface area is 174 Å². The van der Waals surface area contributed by atoms with E-state index in [1.807, 2.05) is 18.7 Å². The average Bonchev–Trinajstić information content (AvgIpc) is 2.69. The third kappa shape index (κ3) is 5.77. The highest BCUT2D eigenvalue weighted by Gasteiger charge is 2.15. The zero-order valence-corrected chi connectivity index (χ0v) is 17.6. The fourth-order valence-corrected chi connectivity index (χ4v) is 3.54. The van der Waals surface area contributed by atoms with Crippen molar-refractivity contribution in [3.8, 4) is 0 Å². The van der Waals surface area contributed by atoms with Crippen molar-refractivity contribution < 1.29 is 18.1 Å². The summed E-state index contributed by atoms with van der Waals surface area (Å²) in [5.41, 5.74) is 1.46. The molecule has 2 rings (SSSR count). The highest BCUT2D eigenvalue weighted by molar-refractivity contribution is 7.89. The molecule has 30 heavy (non-hydrogen) atoms. The minimum Gasteiger partial charge on any atom is -0.372 e. The fraction of sp³-hybridized carbons (Fsp3) is 0.263. The highest BCUT2D eigenvalue weighted by atomic mass is 32.2. The SMILES string of the molecule is CCN(CC)c1ccc([N+](=O)[O-])cc1/C=N\NS(=O)(=O)c1ccc(NC(C)=O)cc1. The third-order valence-electron chi connectivity index (χ3n) is 4.19. The Morgan fingerprint density at radius 3 is 2.33 bits per heavy atom. The molecular weight excluding hydrogens is 410 g/mol. The van der Waals surface area contributed by atoms with Gasteiger partial charge in [-0.15, -0.1) is 0 Å². The van der Waals surface area contributed by atoms with Crippen molar-refractivity contribution in [2.24, 2.45) is 5.10 Å². The van der Waals surface area contributed by atoms with Crippen molar-refractivity contribution in [3.05, 3.63) is 58.1 Å². The first-order valence-electron chi connectivity index (χ1n) is 9.13. The molecule has 10 nitrogen and oxygen atoms in total. The minimum atomic E-state index is -3.95. The van der Waals surface area contributed by atoms with E-state index >= 15 is 0 Å². The monoisotopic (exact) mass is 433 g/mol. The van der Waals surface area contributed by atoms with Gasteiger partial charge in [0.15, 0.2) is 0 Å². The Morgan fingerprint density at radius 1 is 1.17 bits per heavy atom. The second-order valence-corrected chi connectivity index (χ2v) is 7.89. The molecule has 160 valence electrons. The number of non-ortho nitro benzene ring substituents is 1. The van der Waals surface area contributed by atoms with Crippen molar-refractivity contribution in [2.45, 2.75) is 25.7 Å². The Bertz CT molecular complexity index is 1050. The van der Waals surface area contributed by atoms with Crippen LogP contribution in [0.2, 0.25) is 0 Å². The summed E-state index contributed by atoms with van der Waals surface area (Å²) >= 11 is 0. The number of nitrogens with zero attached hydrogens (tertiary/aromatic N) is 3. The number of amides is 1. The Balaban J connectivity index is 2.27. The topological polar surface area (TPSA) is 134 Å². The summed E-state index contributed by atoms with van der Waals surface area (Å²) in [5, 5.41) is 17.4. The van der Waals surface area contributed by atoms with Gasteiger partial charge in [-0.2, -0.15) is 13.5 Å². The molecule has 0 heterocycles. The molecule has 2 N–H and O–H groups in total. The molecule has 0 spiro atoms. The molecule has 0 aliphatic carbocycles. The molecule has 0 aromatic heterocycles. The number of carbonyl (C=O) groups excluding carboxylic acids is 1. The van der Waals surface area contributed by atoms with Gasteiger partial charge in [0, 0.05) is 49.1 Å². The van der Waals surface area contributed by atoms with Crippen molar-refractivity contribution >= 4 is 39.2 Å². The minimum absolute atomic E-state index is 0.0447. The molecule has 1 amide bonds. The molecule has 0 saturated carbocycles. The van der Waals surface area contributed by atoms with Crippen LogP contribution >= 0.6 is 0 Å². The number of carbonyl (C=O) groups is 1. The maximum absolute atomic E-state index is 12.4. The van der Waals surface area contributed by atoms with Crippen LogP contribution in [-0.4, -0.2) is 38.6 Å². The van der Waals surface area contributed by atoms with Gasteiger partial charge in [-0.25, -0.2) is 4.83 Å². The van der Waals surface area contributed by atoms with E-state index in [9.17, 15) is 23.3 Å². The van der Waals surface area contributed by atoms with E-state index in [-0.39, 0.29) is 16.5 Å². The second-order valence-electron chi connectivity index (χ2n) is 6.23. The molecule has 2 aromatic rings. The summed E-state index contributed by atoms with van der Waals surface area (Å²) in [7, 11) is -3.95. The van der Waals surface area contributed by atoms with Crippen LogP contribution in [0.1, 0.15) is 26.3 Å². The van der Waals surface area contributed by atoms with Gasteiger partial charge in [0.1, 0.15) is 0 Å². The molecule has 0 unspecified atom stereocenters. The Morgan fingerprint density at radius 2 is 1.80 bits per heavy atom. The van der Waals surface area contributed by atoms with E-state index < -0.39 is 14.9 Å². The summed E-state index contributed by atoms with van der Waals surface area (Å²) < 4.78 is 24.9. The smallest absolute Gasteiger partial charge is 0.276 e. The van der Waals surface area contributed by atoms with Crippen LogP contribution in [0.15, 0.2) is 52.5 Å². The Hall–Kier alpha value is -3.47. The van der Waals surface area contributed by atoms with E-state index in [4.69, 9.17) is 0 Å². The van der Waals surface area contributed by atoms with Crippen molar-refractivity contribution in [1.82, 2.24) is 4.83 Å². The molecule has 0 saturated heterocycles. The van der Waals surface area contributed by atoms with Gasteiger partial charge < -0.3 is 10.2 Å². The summed E-state index contributed by atoms with van der Waals surface area (Å²) in [5.74, 6) is -0.269. The van der Waals surface area contributed by atoms with Crippen molar-refractivity contribution in [2.75, 3.05) is 23.3 Å². The van der Waals surface area contributed by atoms with E-state index in [0.29, 0.717) is 30.0 Å². The van der Waals surface area contributed by atoms with Gasteiger partial charge in [-0.1, -0.05) is 0 Å². The van der Waals surface area contributed by atoms with Gasteiger partial charge in [-0.05, 0) is 44.2 Å². The molecule has 0 bridgehead atoms. The number of hydrazone groups is 1. The number of nitro benzene ring substituents is 1. The molecule has 0 radical (unpaired) electrons. The number of hydrogen-bond acceptors (Lipinski definition) is 7. The molecule has 0 atom stereocenters. The van der Waals surface area contributed by atoms with E-state index in [1.54, 1.807) is 6.07 Å². The number of anilines is 2. The van der Waals surface area contributed by atoms with Gasteiger partial charge >= 0.3 is 0 Å². The molecule has 0 aliphatic rings. The van der Waals surface area contributed by atoms with Gasteiger partial charge in [0.25, 0.3) is 15.7 Å². The molecular formula is C19H23N5O5S. The normalized spacial score (nSPS) is 11.3. The standard InChI is InChI=1S/C19H23N5O5S/c1-4-23(5-2)19-11-8-17(24(26)27)12-15(19)13-20-22-30(28,29)18-9-6-16(7-10-18)21-14(3)25/h6-13,22H,4-5H2,1-3H3,(H,21,25)/b20-13-. The van der Waals surface area contributed by atoms with Crippen molar-refractivity contribution in [3.63, 3.8) is 0 Å². The molecule has 0 fully saturated rings. The number of nitro groups is 1. The summed E-state index contributed by atoms with van der Waals surface area (Å²) in [6.07, 6.45) is 1.24. The van der Waals surface area contributed by atoms with Crippen LogP contribution in [0.25, 0.3) is 0 Å². The van der Waals surface area contributed by atoms with Crippen LogP contribution in [0, 0.1) is 10.1 Å². The molecule has 0 aliphatic heterocycles. The van der Waals surface area contributed by atoms with Gasteiger partial charge in [-0.3, -0.25) is 14.9 Å². The van der Waals surface area contributed by atoms with E-state index in [1.165, 1.54) is 49.5 Å². The van der Waals surface area contributed by atoms with Crippen molar-refractivity contribution in [1.29, 1.82) is 0 Å². The lowest BCUT2D eigenvalue weighted by atomic mass is 10.1. The van der Waals surface area contributed by atoms with Crippen LogP contribution in [0.5, 0.6) is 0 Å².